The van der Waals surface area contributed by atoms with E-state index in [4.69, 9.17) is 9.47 Å². The van der Waals surface area contributed by atoms with E-state index in [0.29, 0.717) is 18.9 Å². The normalized spacial score (nSPS) is 16.2. The van der Waals surface area contributed by atoms with Crippen LogP contribution in [0, 0.1) is 0 Å². The van der Waals surface area contributed by atoms with Gasteiger partial charge in [0, 0.05) is 30.9 Å². The molecular formula is C24H30N2O3. The van der Waals surface area contributed by atoms with Gasteiger partial charge in [-0.1, -0.05) is 37.6 Å². The average molecular weight is 395 g/mol. The van der Waals surface area contributed by atoms with Crippen LogP contribution in [0.25, 0.3) is 6.08 Å². The number of carbonyl (C=O) groups excluding carboxylic acids is 1. The number of nitrogens with zero attached hydrogens (tertiary/aromatic N) is 1. The van der Waals surface area contributed by atoms with Gasteiger partial charge in [-0.25, -0.2) is 0 Å². The Morgan fingerprint density at radius 2 is 2.03 bits per heavy atom. The van der Waals surface area contributed by atoms with E-state index in [1.54, 1.807) is 13.2 Å². The Kier molecular flexibility index (Phi) is 7.56. The Labute approximate surface area is 173 Å². The Bertz CT molecular complexity index is 820. The third kappa shape index (κ3) is 6.01. The van der Waals surface area contributed by atoms with Gasteiger partial charge in [0.1, 0.15) is 0 Å². The summed E-state index contributed by atoms with van der Waals surface area (Å²) < 4.78 is 11.2. The summed E-state index contributed by atoms with van der Waals surface area (Å²) in [5.74, 6) is 1.45. The van der Waals surface area contributed by atoms with E-state index in [9.17, 15) is 4.79 Å². The van der Waals surface area contributed by atoms with Crippen LogP contribution < -0.4 is 14.8 Å². The van der Waals surface area contributed by atoms with Gasteiger partial charge in [0.2, 0.25) is 5.91 Å². The Hall–Kier alpha value is -2.95. The molecule has 5 heteroatoms. The van der Waals surface area contributed by atoms with Gasteiger partial charge < -0.3 is 19.7 Å². The Morgan fingerprint density at radius 3 is 2.79 bits per heavy atom. The molecule has 1 heterocycles. The van der Waals surface area contributed by atoms with Gasteiger partial charge in [-0.15, -0.1) is 0 Å². The van der Waals surface area contributed by atoms with E-state index < -0.39 is 0 Å². The van der Waals surface area contributed by atoms with Gasteiger partial charge in [-0.2, -0.15) is 0 Å². The number of hydrogen-bond donors (Lipinski definition) is 1. The van der Waals surface area contributed by atoms with Crippen molar-refractivity contribution in [1.82, 2.24) is 4.90 Å². The molecule has 2 aromatic carbocycles. The molecule has 1 aliphatic heterocycles. The van der Waals surface area contributed by atoms with Crippen LogP contribution in [0.4, 0.5) is 5.69 Å². The molecule has 2 aromatic rings. The minimum absolute atomic E-state index is 0.0320. The second-order valence-corrected chi connectivity index (χ2v) is 7.23. The first-order valence-corrected chi connectivity index (χ1v) is 10.3. The van der Waals surface area contributed by atoms with Gasteiger partial charge in [-0.3, -0.25) is 4.79 Å². The van der Waals surface area contributed by atoms with Crippen molar-refractivity contribution in [1.29, 1.82) is 0 Å². The maximum atomic E-state index is 12.6. The molecule has 0 spiro atoms. The van der Waals surface area contributed by atoms with Gasteiger partial charge in [0.05, 0.1) is 13.7 Å². The first kappa shape index (κ1) is 20.8. The number of hydrogen-bond acceptors (Lipinski definition) is 4. The molecule has 0 aromatic heterocycles. The van der Waals surface area contributed by atoms with Crippen LogP contribution in [0.2, 0.25) is 0 Å². The molecule has 0 aliphatic carbocycles. The predicted octanol–water partition coefficient (Wildman–Crippen LogP) is 4.60. The number of unbranched alkanes of at least 4 members (excludes halogenated alkanes) is 1. The molecular weight excluding hydrogens is 364 g/mol. The average Bonchev–Trinajstić information content (AvgIpc) is 3.22. The molecule has 1 unspecified atom stereocenters. The van der Waals surface area contributed by atoms with Gasteiger partial charge in [0.25, 0.3) is 0 Å². The van der Waals surface area contributed by atoms with Crippen LogP contribution in [0.15, 0.2) is 54.6 Å². The van der Waals surface area contributed by atoms with Crippen molar-refractivity contribution < 1.29 is 14.3 Å². The van der Waals surface area contributed by atoms with E-state index in [1.165, 1.54) is 0 Å². The molecule has 0 bridgehead atoms. The van der Waals surface area contributed by atoms with Crippen molar-refractivity contribution in [3.8, 4) is 11.5 Å². The number of para-hydroxylation sites is 1. The van der Waals surface area contributed by atoms with Gasteiger partial charge in [0.15, 0.2) is 11.5 Å². The fourth-order valence-electron chi connectivity index (χ4n) is 3.35. The van der Waals surface area contributed by atoms with Crippen molar-refractivity contribution >= 4 is 17.7 Å². The Morgan fingerprint density at radius 1 is 1.21 bits per heavy atom. The summed E-state index contributed by atoms with van der Waals surface area (Å²) >= 11 is 0. The molecule has 1 saturated heterocycles. The van der Waals surface area contributed by atoms with Crippen LogP contribution >= 0.6 is 0 Å². The topological polar surface area (TPSA) is 50.8 Å². The molecule has 1 N–H and O–H groups in total. The number of nitrogens with one attached hydrogen (secondary N) is 1. The summed E-state index contributed by atoms with van der Waals surface area (Å²) in [7, 11) is 1.63. The summed E-state index contributed by atoms with van der Waals surface area (Å²) in [6, 6.07) is 16.1. The molecule has 154 valence electrons. The Balaban J connectivity index is 1.55. The number of amides is 1. The third-order valence-corrected chi connectivity index (χ3v) is 5.01. The first-order valence-electron chi connectivity index (χ1n) is 10.3. The predicted molar refractivity (Wildman–Crippen MR) is 117 cm³/mol. The molecule has 1 aliphatic rings. The lowest BCUT2D eigenvalue weighted by Crippen LogP contribution is -2.30. The maximum absolute atomic E-state index is 12.6. The second-order valence-electron chi connectivity index (χ2n) is 7.23. The van der Waals surface area contributed by atoms with E-state index in [-0.39, 0.29) is 11.9 Å². The largest absolute Gasteiger partial charge is 0.493 e. The summed E-state index contributed by atoms with van der Waals surface area (Å²) in [6.07, 6.45) is 6.51. The van der Waals surface area contributed by atoms with Crippen LogP contribution in [0.3, 0.4) is 0 Å². The van der Waals surface area contributed by atoms with Crippen LogP contribution in [0.1, 0.15) is 31.7 Å². The minimum Gasteiger partial charge on any atom is -0.493 e. The van der Waals surface area contributed by atoms with Crippen molar-refractivity contribution in [3.63, 3.8) is 0 Å². The zero-order valence-corrected chi connectivity index (χ0v) is 17.3. The van der Waals surface area contributed by atoms with Crippen LogP contribution in [0.5, 0.6) is 11.5 Å². The number of anilines is 1. The van der Waals surface area contributed by atoms with E-state index in [1.807, 2.05) is 59.5 Å². The van der Waals surface area contributed by atoms with Crippen molar-refractivity contribution in [2.24, 2.45) is 0 Å². The number of ether oxygens (including phenoxy) is 2. The van der Waals surface area contributed by atoms with Gasteiger partial charge >= 0.3 is 0 Å². The molecule has 0 saturated carbocycles. The van der Waals surface area contributed by atoms with E-state index >= 15 is 0 Å². The lowest BCUT2D eigenvalue weighted by atomic mass is 10.2. The van der Waals surface area contributed by atoms with E-state index in [0.717, 1.165) is 42.8 Å². The summed E-state index contributed by atoms with van der Waals surface area (Å²) in [5, 5.41) is 3.49. The summed E-state index contributed by atoms with van der Waals surface area (Å²) in [6.45, 7) is 4.28. The minimum atomic E-state index is 0.0320. The number of likely N-dealkylation sites (tertiary alicyclic amines) is 1. The lowest BCUT2D eigenvalue weighted by molar-refractivity contribution is -0.124. The monoisotopic (exact) mass is 394 g/mol. The fraction of sp³-hybridized carbons (Fsp3) is 0.375. The second kappa shape index (κ2) is 10.6. The smallest absolute Gasteiger partial charge is 0.246 e. The highest BCUT2D eigenvalue weighted by Crippen LogP contribution is 2.29. The third-order valence-electron chi connectivity index (χ3n) is 5.01. The van der Waals surface area contributed by atoms with Crippen LogP contribution in [-0.4, -0.2) is 43.7 Å². The fourth-order valence-corrected chi connectivity index (χ4v) is 3.35. The number of rotatable bonds is 9. The number of methoxy groups -OCH3 is 1. The van der Waals surface area contributed by atoms with Crippen LogP contribution in [-0.2, 0) is 4.79 Å². The van der Waals surface area contributed by atoms with Crippen molar-refractivity contribution in [2.75, 3.05) is 32.1 Å². The van der Waals surface area contributed by atoms with E-state index in [2.05, 4.69) is 12.2 Å². The number of carbonyl (C=O) groups is 1. The maximum Gasteiger partial charge on any atom is 0.246 e. The molecule has 5 nitrogen and oxygen atoms in total. The zero-order chi connectivity index (χ0) is 20.5. The van der Waals surface area contributed by atoms with Gasteiger partial charge in [-0.05, 0) is 48.7 Å². The molecule has 1 fully saturated rings. The van der Waals surface area contributed by atoms with Crippen molar-refractivity contribution in [2.45, 2.75) is 32.2 Å². The zero-order valence-electron chi connectivity index (χ0n) is 17.3. The summed E-state index contributed by atoms with van der Waals surface area (Å²) in [5.41, 5.74) is 2.01. The molecule has 3 rings (SSSR count). The highest BCUT2D eigenvalue weighted by molar-refractivity contribution is 5.92. The highest BCUT2D eigenvalue weighted by Gasteiger charge is 2.24. The molecule has 29 heavy (non-hydrogen) atoms. The van der Waals surface area contributed by atoms with Crippen molar-refractivity contribution in [3.05, 3.63) is 60.2 Å². The molecule has 0 radical (unpaired) electrons. The highest BCUT2D eigenvalue weighted by atomic mass is 16.5. The lowest BCUT2D eigenvalue weighted by Gasteiger charge is -2.16. The molecule has 1 amide bonds. The standard InChI is InChI=1S/C24H30N2O3/c1-3-4-16-29-22-12-10-19(17-23(22)28-2)11-13-24(27)26-15-14-21(18-26)25-20-8-6-5-7-9-20/h5-13,17,21,25H,3-4,14-16,18H2,1-2H3/b13-11+. The SMILES string of the molecule is CCCCOc1ccc(/C=C/C(=O)N2CCC(Nc3ccccc3)C2)cc1OC. The summed E-state index contributed by atoms with van der Waals surface area (Å²) in [4.78, 5) is 14.5. The quantitative estimate of drug-likeness (QED) is 0.499. The first-order chi connectivity index (χ1) is 14.2. The number of benzene rings is 2. The molecule has 1 atom stereocenters.